The van der Waals surface area contributed by atoms with Gasteiger partial charge in [0.25, 0.3) is 0 Å². The third-order valence-corrected chi connectivity index (χ3v) is 4.70. The van der Waals surface area contributed by atoms with Gasteiger partial charge in [0.15, 0.2) is 6.19 Å². The molecule has 1 saturated heterocycles. The normalized spacial score (nSPS) is 22.6. The summed E-state index contributed by atoms with van der Waals surface area (Å²) < 4.78 is 8.65. The van der Waals surface area contributed by atoms with Crippen LogP contribution in [-0.2, 0) is 0 Å². The maximum Gasteiger partial charge on any atom is 0.179 e. The van der Waals surface area contributed by atoms with Gasteiger partial charge in [-0.3, -0.25) is 0 Å². The van der Waals surface area contributed by atoms with E-state index in [1.807, 2.05) is 11.0 Å². The van der Waals surface area contributed by atoms with Crippen LogP contribution in [-0.4, -0.2) is 28.2 Å². The molecule has 0 bridgehead atoms. The topological polar surface area (TPSA) is 41.2 Å². The number of likely N-dealkylation sites (tertiary alicyclic amines) is 1. The summed E-state index contributed by atoms with van der Waals surface area (Å²) in [5.74, 6) is 0.988. The second-order valence-corrected chi connectivity index (χ2v) is 5.82. The van der Waals surface area contributed by atoms with Crippen molar-refractivity contribution < 1.29 is 4.74 Å². The number of fused-ring (bicyclic) bond motifs is 1. The molecule has 0 saturated carbocycles. The fourth-order valence-corrected chi connectivity index (χ4v) is 3.67. The summed E-state index contributed by atoms with van der Waals surface area (Å²) >= 11 is 0. The molecule has 1 spiro atoms. The van der Waals surface area contributed by atoms with E-state index in [1.54, 1.807) is 0 Å². The molecule has 1 atom stereocenters. The number of piperidine rings is 1. The Bertz CT molecular complexity index is 678. The van der Waals surface area contributed by atoms with E-state index in [2.05, 4.69) is 53.5 Å². The molecule has 4 nitrogen and oxygen atoms in total. The van der Waals surface area contributed by atoms with Crippen LogP contribution in [0.2, 0.25) is 0 Å². The van der Waals surface area contributed by atoms with Gasteiger partial charge in [0.1, 0.15) is 17.4 Å². The minimum atomic E-state index is -0.226. The van der Waals surface area contributed by atoms with Gasteiger partial charge < -0.3 is 14.2 Å². The maximum atomic E-state index is 9.08. The zero-order valence-electron chi connectivity index (χ0n) is 11.8. The Morgan fingerprint density at radius 2 is 1.81 bits per heavy atom. The highest BCUT2D eigenvalue weighted by molar-refractivity contribution is 5.43. The number of benzene rings is 1. The minimum absolute atomic E-state index is 0.199. The van der Waals surface area contributed by atoms with E-state index in [0.29, 0.717) is 0 Å². The van der Waals surface area contributed by atoms with Gasteiger partial charge in [-0.25, -0.2) is 0 Å². The molecular formula is C17H17N3O. The monoisotopic (exact) mass is 279 g/mol. The van der Waals surface area contributed by atoms with Crippen LogP contribution >= 0.6 is 0 Å². The van der Waals surface area contributed by atoms with Gasteiger partial charge in [-0.1, -0.05) is 18.2 Å². The second-order valence-electron chi connectivity index (χ2n) is 5.82. The molecule has 1 fully saturated rings. The standard InChI is InChI=1S/C17H17N3O/c18-13-19-11-7-17(8-12-19)16(20-9-3-4-10-20)14-5-1-2-6-15(14)21-17/h1-6,9-10,16H,7-8,11-12H2. The van der Waals surface area contributed by atoms with Gasteiger partial charge >= 0.3 is 0 Å². The van der Waals surface area contributed by atoms with Crippen molar-refractivity contribution in [1.82, 2.24) is 9.47 Å². The van der Waals surface area contributed by atoms with E-state index in [4.69, 9.17) is 10.00 Å². The van der Waals surface area contributed by atoms with Crippen molar-refractivity contribution >= 4 is 0 Å². The molecule has 1 aromatic carbocycles. The lowest BCUT2D eigenvalue weighted by atomic mass is 9.82. The summed E-state index contributed by atoms with van der Waals surface area (Å²) in [4.78, 5) is 1.82. The molecule has 2 aliphatic heterocycles. The quantitative estimate of drug-likeness (QED) is 0.754. The first-order chi connectivity index (χ1) is 10.3. The summed E-state index contributed by atoms with van der Waals surface area (Å²) in [6.07, 6.45) is 8.21. The number of ether oxygens (including phenoxy) is 1. The predicted octanol–water partition coefficient (Wildman–Crippen LogP) is 2.79. The highest BCUT2D eigenvalue weighted by Gasteiger charge is 2.50. The van der Waals surface area contributed by atoms with Gasteiger partial charge in [-0.15, -0.1) is 0 Å². The second kappa shape index (κ2) is 4.56. The Morgan fingerprint density at radius 3 is 2.52 bits per heavy atom. The van der Waals surface area contributed by atoms with Crippen LogP contribution in [0.25, 0.3) is 0 Å². The van der Waals surface area contributed by atoms with Crippen LogP contribution in [0.15, 0.2) is 48.8 Å². The number of hydrogen-bond acceptors (Lipinski definition) is 3. The van der Waals surface area contributed by atoms with Crippen molar-refractivity contribution in [2.24, 2.45) is 0 Å². The Labute approximate surface area is 124 Å². The maximum absolute atomic E-state index is 9.08. The molecule has 21 heavy (non-hydrogen) atoms. The van der Waals surface area contributed by atoms with E-state index in [9.17, 15) is 0 Å². The third kappa shape index (κ3) is 1.81. The smallest absolute Gasteiger partial charge is 0.179 e. The van der Waals surface area contributed by atoms with Crippen molar-refractivity contribution in [3.05, 3.63) is 54.4 Å². The van der Waals surface area contributed by atoms with Crippen molar-refractivity contribution in [2.75, 3.05) is 13.1 Å². The highest BCUT2D eigenvalue weighted by Crippen LogP contribution is 2.50. The van der Waals surface area contributed by atoms with Gasteiger partial charge in [-0.05, 0) is 18.2 Å². The number of hydrogen-bond donors (Lipinski definition) is 0. The average molecular weight is 279 g/mol. The van der Waals surface area contributed by atoms with Gasteiger partial charge in [0, 0.05) is 43.9 Å². The lowest BCUT2D eigenvalue weighted by Gasteiger charge is -2.40. The van der Waals surface area contributed by atoms with Crippen molar-refractivity contribution in [2.45, 2.75) is 24.5 Å². The number of rotatable bonds is 1. The lowest BCUT2D eigenvalue weighted by Crippen LogP contribution is -2.49. The molecule has 0 amide bonds. The van der Waals surface area contributed by atoms with Gasteiger partial charge in [0.2, 0.25) is 0 Å². The molecule has 2 aliphatic rings. The lowest BCUT2D eigenvalue weighted by molar-refractivity contribution is 0.00544. The molecule has 4 rings (SSSR count). The first-order valence-corrected chi connectivity index (χ1v) is 7.37. The molecule has 2 aromatic rings. The Hall–Kier alpha value is -2.41. The van der Waals surface area contributed by atoms with E-state index in [1.165, 1.54) is 5.56 Å². The molecule has 0 aliphatic carbocycles. The Balaban J connectivity index is 1.77. The largest absolute Gasteiger partial charge is 0.484 e. The van der Waals surface area contributed by atoms with Gasteiger partial charge in [-0.2, -0.15) is 5.26 Å². The first-order valence-electron chi connectivity index (χ1n) is 7.37. The van der Waals surface area contributed by atoms with Crippen LogP contribution in [0.1, 0.15) is 24.4 Å². The average Bonchev–Trinajstić information content (AvgIpc) is 3.13. The van der Waals surface area contributed by atoms with E-state index < -0.39 is 0 Å². The van der Waals surface area contributed by atoms with Crippen LogP contribution < -0.4 is 4.74 Å². The highest BCUT2D eigenvalue weighted by atomic mass is 16.5. The molecule has 0 N–H and O–H groups in total. The van der Waals surface area contributed by atoms with Crippen LogP contribution in [0.3, 0.4) is 0 Å². The van der Waals surface area contributed by atoms with Crippen molar-refractivity contribution in [3.8, 4) is 11.9 Å². The number of aromatic nitrogens is 1. The molecule has 106 valence electrons. The Kier molecular flexibility index (Phi) is 2.68. The van der Waals surface area contributed by atoms with E-state index in [0.717, 1.165) is 31.7 Å². The molecule has 4 heteroatoms. The number of para-hydroxylation sites is 1. The molecule has 3 heterocycles. The summed E-state index contributed by atoms with van der Waals surface area (Å²) in [7, 11) is 0. The van der Waals surface area contributed by atoms with Gasteiger partial charge in [0.05, 0.1) is 0 Å². The molecular weight excluding hydrogens is 262 g/mol. The summed E-state index contributed by atoms with van der Waals surface area (Å²) in [6, 6.07) is 12.6. The summed E-state index contributed by atoms with van der Waals surface area (Å²) in [5, 5.41) is 9.08. The van der Waals surface area contributed by atoms with Crippen molar-refractivity contribution in [1.29, 1.82) is 5.26 Å². The third-order valence-electron chi connectivity index (χ3n) is 4.70. The van der Waals surface area contributed by atoms with Crippen LogP contribution in [0.4, 0.5) is 0 Å². The fourth-order valence-electron chi connectivity index (χ4n) is 3.67. The minimum Gasteiger partial charge on any atom is -0.484 e. The summed E-state index contributed by atoms with van der Waals surface area (Å²) in [6.45, 7) is 1.53. The number of nitriles is 1. The molecule has 1 unspecified atom stereocenters. The van der Waals surface area contributed by atoms with Crippen LogP contribution in [0, 0.1) is 11.5 Å². The zero-order valence-corrected chi connectivity index (χ0v) is 11.8. The SMILES string of the molecule is N#CN1CCC2(CC1)Oc1ccccc1C2n1cccc1. The molecule has 0 radical (unpaired) electrons. The fraction of sp³-hybridized carbons (Fsp3) is 0.353. The van der Waals surface area contributed by atoms with Crippen molar-refractivity contribution in [3.63, 3.8) is 0 Å². The summed E-state index contributed by atoms with van der Waals surface area (Å²) in [5.41, 5.74) is 1.02. The first kappa shape index (κ1) is 12.3. The zero-order chi connectivity index (χ0) is 14.3. The van der Waals surface area contributed by atoms with Crippen LogP contribution in [0.5, 0.6) is 5.75 Å². The Morgan fingerprint density at radius 1 is 1.10 bits per heavy atom. The van der Waals surface area contributed by atoms with E-state index in [-0.39, 0.29) is 11.6 Å². The van der Waals surface area contributed by atoms with E-state index >= 15 is 0 Å². The predicted molar refractivity (Wildman–Crippen MR) is 78.8 cm³/mol. The number of nitrogens with zero attached hydrogens (tertiary/aromatic N) is 3. The molecule has 1 aromatic heterocycles.